The molecule has 1 aliphatic rings. The first-order valence-corrected chi connectivity index (χ1v) is 7.47. The van der Waals surface area contributed by atoms with Crippen molar-refractivity contribution >= 4 is 29.2 Å². The summed E-state index contributed by atoms with van der Waals surface area (Å²) in [6.45, 7) is 0.864. The van der Waals surface area contributed by atoms with Crippen LogP contribution in [0.15, 0.2) is 12.1 Å². The maximum atomic E-state index is 11.6. The largest absolute Gasteiger partial charge is 0.468 e. The van der Waals surface area contributed by atoms with Crippen molar-refractivity contribution < 1.29 is 9.53 Å². The molecule has 2 rings (SSSR count). The second-order valence-corrected chi connectivity index (χ2v) is 5.75. The van der Waals surface area contributed by atoms with Crippen molar-refractivity contribution in [3.8, 4) is 0 Å². The molecule has 6 heteroatoms. The standard InChI is InChI=1S/C14H18Cl2N2O2/c1-20-13(19)9-18(11-4-2-3-5-11)8-10-6-7-12(15)17-14(10)16/h6-7,11H,2-5,8-9H2,1H3. The monoisotopic (exact) mass is 316 g/mol. The lowest BCUT2D eigenvalue weighted by Gasteiger charge is -2.27. The van der Waals surface area contributed by atoms with Crippen LogP contribution in [0, 0.1) is 0 Å². The predicted molar refractivity (Wildman–Crippen MR) is 78.9 cm³/mol. The third kappa shape index (κ3) is 4.08. The summed E-state index contributed by atoms with van der Waals surface area (Å²) >= 11 is 11.9. The van der Waals surface area contributed by atoms with E-state index in [9.17, 15) is 4.79 Å². The second kappa shape index (κ2) is 7.25. The average molecular weight is 317 g/mol. The Morgan fingerprint density at radius 2 is 2.10 bits per heavy atom. The van der Waals surface area contributed by atoms with Crippen LogP contribution in [0.1, 0.15) is 31.2 Å². The number of ether oxygens (including phenoxy) is 1. The van der Waals surface area contributed by atoms with Gasteiger partial charge in [-0.15, -0.1) is 0 Å². The molecule has 0 spiro atoms. The molecule has 0 radical (unpaired) electrons. The zero-order chi connectivity index (χ0) is 14.5. The maximum absolute atomic E-state index is 11.6. The topological polar surface area (TPSA) is 42.4 Å². The van der Waals surface area contributed by atoms with Crippen molar-refractivity contribution in [2.24, 2.45) is 0 Å². The van der Waals surface area contributed by atoms with E-state index in [4.69, 9.17) is 27.9 Å². The number of rotatable bonds is 5. The molecule has 0 amide bonds. The number of hydrogen-bond donors (Lipinski definition) is 0. The Balaban J connectivity index is 2.11. The van der Waals surface area contributed by atoms with Gasteiger partial charge in [0.1, 0.15) is 10.3 Å². The van der Waals surface area contributed by atoms with Crippen molar-refractivity contribution in [1.29, 1.82) is 0 Å². The molecule has 0 atom stereocenters. The van der Waals surface area contributed by atoms with Gasteiger partial charge in [-0.1, -0.05) is 42.1 Å². The molecule has 0 aliphatic heterocycles. The zero-order valence-electron chi connectivity index (χ0n) is 11.4. The van der Waals surface area contributed by atoms with Crippen LogP contribution in [0.3, 0.4) is 0 Å². The summed E-state index contributed by atoms with van der Waals surface area (Å²) in [5.74, 6) is -0.227. The van der Waals surface area contributed by atoms with Crippen molar-refractivity contribution in [3.63, 3.8) is 0 Å². The van der Waals surface area contributed by atoms with E-state index < -0.39 is 0 Å². The highest BCUT2D eigenvalue weighted by Crippen LogP contribution is 2.26. The number of nitrogens with zero attached hydrogens (tertiary/aromatic N) is 2. The molecule has 1 saturated carbocycles. The molecule has 0 bridgehead atoms. The van der Waals surface area contributed by atoms with Crippen molar-refractivity contribution in [2.45, 2.75) is 38.3 Å². The lowest BCUT2D eigenvalue weighted by molar-refractivity contribution is -0.142. The van der Waals surface area contributed by atoms with Gasteiger partial charge in [0, 0.05) is 18.2 Å². The summed E-state index contributed by atoms with van der Waals surface area (Å²) in [6.07, 6.45) is 4.62. The fourth-order valence-corrected chi connectivity index (χ4v) is 3.00. The zero-order valence-corrected chi connectivity index (χ0v) is 13.0. The van der Waals surface area contributed by atoms with Gasteiger partial charge < -0.3 is 4.74 Å². The molecule has 20 heavy (non-hydrogen) atoms. The first-order chi connectivity index (χ1) is 9.60. The molecular weight excluding hydrogens is 299 g/mol. The van der Waals surface area contributed by atoms with Gasteiger partial charge in [-0.3, -0.25) is 9.69 Å². The average Bonchev–Trinajstić information content (AvgIpc) is 2.94. The Hall–Kier alpha value is -0.840. The van der Waals surface area contributed by atoms with E-state index in [0.29, 0.717) is 22.9 Å². The van der Waals surface area contributed by atoms with Gasteiger partial charge in [-0.2, -0.15) is 0 Å². The minimum atomic E-state index is -0.227. The third-order valence-electron chi connectivity index (χ3n) is 3.67. The van der Waals surface area contributed by atoms with Crippen LogP contribution in [0.5, 0.6) is 0 Å². The molecular formula is C14H18Cl2N2O2. The van der Waals surface area contributed by atoms with Crippen LogP contribution in [-0.4, -0.2) is 35.5 Å². The molecule has 1 heterocycles. The number of halogens is 2. The minimum absolute atomic E-state index is 0.227. The quantitative estimate of drug-likeness (QED) is 0.617. The summed E-state index contributed by atoms with van der Waals surface area (Å²) in [4.78, 5) is 17.7. The Morgan fingerprint density at radius 1 is 1.40 bits per heavy atom. The van der Waals surface area contributed by atoms with Gasteiger partial charge in [0.25, 0.3) is 0 Å². The van der Waals surface area contributed by atoms with Crippen LogP contribution < -0.4 is 0 Å². The Morgan fingerprint density at radius 3 is 2.70 bits per heavy atom. The van der Waals surface area contributed by atoms with Crippen LogP contribution in [-0.2, 0) is 16.1 Å². The number of aromatic nitrogens is 1. The van der Waals surface area contributed by atoms with E-state index in [1.54, 1.807) is 6.07 Å². The number of pyridine rings is 1. The second-order valence-electron chi connectivity index (χ2n) is 5.00. The summed E-state index contributed by atoms with van der Waals surface area (Å²) in [5.41, 5.74) is 0.881. The predicted octanol–water partition coefficient (Wildman–Crippen LogP) is 3.31. The molecule has 0 aromatic carbocycles. The molecule has 0 unspecified atom stereocenters. The SMILES string of the molecule is COC(=O)CN(Cc1ccc(Cl)nc1Cl)C1CCCC1. The van der Waals surface area contributed by atoms with E-state index in [-0.39, 0.29) is 12.5 Å². The van der Waals surface area contributed by atoms with Crippen LogP contribution in [0.2, 0.25) is 10.3 Å². The lowest BCUT2D eigenvalue weighted by atomic mass is 10.1. The van der Waals surface area contributed by atoms with Gasteiger partial charge in [-0.25, -0.2) is 4.98 Å². The summed E-state index contributed by atoms with van der Waals surface area (Å²) in [7, 11) is 1.41. The van der Waals surface area contributed by atoms with E-state index in [0.717, 1.165) is 18.4 Å². The van der Waals surface area contributed by atoms with E-state index in [2.05, 4.69) is 9.88 Å². The highest BCUT2D eigenvalue weighted by Gasteiger charge is 2.25. The first-order valence-electron chi connectivity index (χ1n) is 6.72. The fourth-order valence-electron chi connectivity index (χ4n) is 2.59. The van der Waals surface area contributed by atoms with Crippen LogP contribution in [0.25, 0.3) is 0 Å². The van der Waals surface area contributed by atoms with E-state index in [1.165, 1.54) is 20.0 Å². The Kier molecular flexibility index (Phi) is 5.64. The van der Waals surface area contributed by atoms with Crippen LogP contribution in [0.4, 0.5) is 0 Å². The lowest BCUT2D eigenvalue weighted by Crippen LogP contribution is -2.37. The van der Waals surface area contributed by atoms with Crippen LogP contribution >= 0.6 is 23.2 Å². The van der Waals surface area contributed by atoms with Gasteiger partial charge >= 0.3 is 5.97 Å². The van der Waals surface area contributed by atoms with Gasteiger partial charge in [0.05, 0.1) is 13.7 Å². The van der Waals surface area contributed by atoms with Crippen molar-refractivity contribution in [1.82, 2.24) is 9.88 Å². The molecule has 0 N–H and O–H groups in total. The summed E-state index contributed by atoms with van der Waals surface area (Å²) in [6, 6.07) is 3.98. The molecule has 4 nitrogen and oxygen atoms in total. The Bertz CT molecular complexity index is 476. The number of methoxy groups -OCH3 is 1. The first kappa shape index (κ1) is 15.5. The van der Waals surface area contributed by atoms with Crippen molar-refractivity contribution in [3.05, 3.63) is 28.0 Å². The van der Waals surface area contributed by atoms with Gasteiger partial charge in [-0.05, 0) is 18.9 Å². The van der Waals surface area contributed by atoms with Crippen molar-refractivity contribution in [2.75, 3.05) is 13.7 Å². The molecule has 1 aromatic rings. The highest BCUT2D eigenvalue weighted by molar-refractivity contribution is 6.32. The maximum Gasteiger partial charge on any atom is 0.319 e. The van der Waals surface area contributed by atoms with E-state index >= 15 is 0 Å². The highest BCUT2D eigenvalue weighted by atomic mass is 35.5. The molecule has 0 saturated heterocycles. The minimum Gasteiger partial charge on any atom is -0.468 e. The van der Waals surface area contributed by atoms with Gasteiger partial charge in [0.2, 0.25) is 0 Å². The number of carbonyl (C=O) groups excluding carboxylic acids is 1. The number of esters is 1. The molecule has 110 valence electrons. The summed E-state index contributed by atoms with van der Waals surface area (Å²) < 4.78 is 4.78. The third-order valence-corrected chi connectivity index (χ3v) is 4.20. The fraction of sp³-hybridized carbons (Fsp3) is 0.571. The molecule has 1 fully saturated rings. The molecule has 1 aliphatic carbocycles. The van der Waals surface area contributed by atoms with Gasteiger partial charge in [0.15, 0.2) is 0 Å². The number of carbonyl (C=O) groups is 1. The smallest absolute Gasteiger partial charge is 0.319 e. The Labute approximate surface area is 129 Å². The summed E-state index contributed by atoms with van der Waals surface area (Å²) in [5, 5.41) is 0.768. The van der Waals surface area contributed by atoms with E-state index in [1.807, 2.05) is 6.07 Å². The molecule has 1 aromatic heterocycles. The number of hydrogen-bond acceptors (Lipinski definition) is 4. The normalized spacial score (nSPS) is 15.8.